The van der Waals surface area contributed by atoms with Crippen molar-refractivity contribution in [1.82, 2.24) is 25.1 Å². The third-order valence-corrected chi connectivity index (χ3v) is 6.27. The first-order valence-electron chi connectivity index (χ1n) is 11.3. The van der Waals surface area contributed by atoms with E-state index in [1.54, 1.807) is 0 Å². The van der Waals surface area contributed by atoms with Crippen LogP contribution in [0.15, 0.2) is 65.3 Å². The van der Waals surface area contributed by atoms with Gasteiger partial charge in [-0.05, 0) is 50.2 Å². The lowest BCUT2D eigenvalue weighted by Gasteiger charge is -2.23. The molecule has 0 radical (unpaired) electrons. The van der Waals surface area contributed by atoms with Gasteiger partial charge in [-0.1, -0.05) is 30.3 Å². The lowest BCUT2D eigenvalue weighted by atomic mass is 10.1. The second kappa shape index (κ2) is 8.22. The molecule has 5 aromatic rings. The van der Waals surface area contributed by atoms with Crippen molar-refractivity contribution in [3.8, 4) is 11.3 Å². The maximum atomic E-state index is 6.27. The number of nitrogen functional groups attached to an aromatic ring is 1. The Morgan fingerprint density at radius 2 is 1.88 bits per heavy atom. The Morgan fingerprint density at radius 1 is 1.06 bits per heavy atom. The van der Waals surface area contributed by atoms with E-state index >= 15 is 0 Å². The molecule has 2 aromatic carbocycles. The molecule has 1 aliphatic heterocycles. The zero-order chi connectivity index (χ0) is 22.2. The highest BCUT2D eigenvalue weighted by Crippen LogP contribution is 2.34. The Morgan fingerprint density at radius 3 is 2.70 bits per heavy atom. The second-order valence-corrected chi connectivity index (χ2v) is 8.41. The number of rotatable bonds is 5. The van der Waals surface area contributed by atoms with Gasteiger partial charge in [-0.25, -0.2) is 14.6 Å². The second-order valence-electron chi connectivity index (χ2n) is 8.41. The number of furan rings is 1. The fraction of sp³-hybridized carbons (Fsp3) is 0.240. The van der Waals surface area contributed by atoms with Crippen LogP contribution in [0.25, 0.3) is 33.3 Å². The van der Waals surface area contributed by atoms with Gasteiger partial charge in [-0.15, -0.1) is 0 Å². The molecule has 8 nitrogen and oxygen atoms in total. The number of benzene rings is 2. The molecule has 1 saturated heterocycles. The van der Waals surface area contributed by atoms with Crippen LogP contribution in [-0.2, 0) is 6.54 Å². The van der Waals surface area contributed by atoms with Crippen LogP contribution >= 0.6 is 0 Å². The molecule has 166 valence electrons. The van der Waals surface area contributed by atoms with Gasteiger partial charge in [0.2, 0.25) is 0 Å². The standard InChI is InChI=1S/C25H25N7O/c26-24-22-23(31-32(25(22)30-15-29-24)19-9-11-27-12-10-19)16-5-7-18(8-6-16)28-14-20-13-17-3-1-2-4-21(17)33-20/h1-8,13,15,19,27-28H,9-12,14H2,(H2,26,29,30). The molecule has 0 aliphatic carbocycles. The van der Waals surface area contributed by atoms with Crippen molar-refractivity contribution in [2.45, 2.75) is 25.4 Å². The van der Waals surface area contributed by atoms with Gasteiger partial charge in [-0.2, -0.15) is 5.10 Å². The number of nitrogens with zero attached hydrogens (tertiary/aromatic N) is 4. The number of aromatic nitrogens is 4. The molecule has 0 amide bonds. The summed E-state index contributed by atoms with van der Waals surface area (Å²) in [5.41, 5.74) is 10.8. The van der Waals surface area contributed by atoms with Gasteiger partial charge in [0.15, 0.2) is 5.65 Å². The molecule has 1 aliphatic rings. The number of piperidine rings is 1. The average molecular weight is 440 g/mol. The van der Waals surface area contributed by atoms with Crippen molar-refractivity contribution in [3.05, 3.63) is 66.7 Å². The Bertz CT molecular complexity index is 1380. The first-order valence-corrected chi connectivity index (χ1v) is 11.3. The summed E-state index contributed by atoms with van der Waals surface area (Å²) < 4.78 is 7.94. The Kier molecular flexibility index (Phi) is 4.92. The quantitative estimate of drug-likeness (QED) is 0.373. The van der Waals surface area contributed by atoms with Crippen LogP contribution in [0.3, 0.4) is 0 Å². The molecule has 0 unspecified atom stereocenters. The van der Waals surface area contributed by atoms with Crippen molar-refractivity contribution in [3.63, 3.8) is 0 Å². The van der Waals surface area contributed by atoms with Crippen molar-refractivity contribution < 1.29 is 4.42 Å². The van der Waals surface area contributed by atoms with Gasteiger partial charge in [0.25, 0.3) is 0 Å². The molecule has 8 heteroatoms. The highest BCUT2D eigenvalue weighted by molar-refractivity contribution is 5.98. The van der Waals surface area contributed by atoms with Gasteiger partial charge < -0.3 is 20.8 Å². The molecule has 6 rings (SSSR count). The highest BCUT2D eigenvalue weighted by Gasteiger charge is 2.23. The van der Waals surface area contributed by atoms with Gasteiger partial charge in [0, 0.05) is 16.6 Å². The molecule has 0 atom stereocenters. The fourth-order valence-electron chi connectivity index (χ4n) is 4.56. The number of fused-ring (bicyclic) bond motifs is 2. The SMILES string of the molecule is Nc1ncnc2c1c(-c1ccc(NCc3cc4ccccc4o3)cc1)nn2C1CCNCC1. The van der Waals surface area contributed by atoms with Crippen LogP contribution in [0.4, 0.5) is 11.5 Å². The largest absolute Gasteiger partial charge is 0.459 e. The van der Waals surface area contributed by atoms with E-state index in [2.05, 4.69) is 44.9 Å². The number of hydrogen-bond donors (Lipinski definition) is 3. The molecular formula is C25H25N7O. The summed E-state index contributed by atoms with van der Waals surface area (Å²) in [6, 6.07) is 18.6. The summed E-state index contributed by atoms with van der Waals surface area (Å²) in [4.78, 5) is 8.76. The number of hydrogen-bond acceptors (Lipinski definition) is 7. The number of nitrogens with one attached hydrogen (secondary N) is 2. The zero-order valence-corrected chi connectivity index (χ0v) is 18.2. The van der Waals surface area contributed by atoms with Crippen molar-refractivity contribution in [1.29, 1.82) is 0 Å². The minimum Gasteiger partial charge on any atom is -0.459 e. The maximum absolute atomic E-state index is 6.27. The van der Waals surface area contributed by atoms with Crippen LogP contribution in [0.1, 0.15) is 24.6 Å². The van der Waals surface area contributed by atoms with Crippen LogP contribution in [0, 0.1) is 0 Å². The lowest BCUT2D eigenvalue weighted by Crippen LogP contribution is -2.30. The summed E-state index contributed by atoms with van der Waals surface area (Å²) >= 11 is 0. The first kappa shape index (κ1) is 19.8. The monoisotopic (exact) mass is 439 g/mol. The molecule has 0 spiro atoms. The number of para-hydroxylation sites is 1. The highest BCUT2D eigenvalue weighted by atomic mass is 16.3. The van der Waals surface area contributed by atoms with E-state index in [4.69, 9.17) is 15.2 Å². The fourth-order valence-corrected chi connectivity index (χ4v) is 4.56. The first-order chi connectivity index (χ1) is 16.3. The minimum absolute atomic E-state index is 0.307. The summed E-state index contributed by atoms with van der Waals surface area (Å²) in [6.07, 6.45) is 3.56. The van der Waals surface area contributed by atoms with Crippen LogP contribution in [-0.4, -0.2) is 32.8 Å². The van der Waals surface area contributed by atoms with Crippen LogP contribution < -0.4 is 16.4 Å². The Labute approximate surface area is 190 Å². The molecule has 4 N–H and O–H groups in total. The number of nitrogens with two attached hydrogens (primary N) is 1. The van der Waals surface area contributed by atoms with E-state index in [1.807, 2.05) is 35.0 Å². The average Bonchev–Trinajstić information content (AvgIpc) is 3.46. The summed E-state index contributed by atoms with van der Waals surface area (Å²) in [5.74, 6) is 1.36. The Balaban J connectivity index is 1.27. The third-order valence-electron chi connectivity index (χ3n) is 6.27. The van der Waals surface area contributed by atoms with Crippen LogP contribution in [0.2, 0.25) is 0 Å². The molecule has 4 heterocycles. The molecule has 3 aromatic heterocycles. The summed E-state index contributed by atoms with van der Waals surface area (Å²) in [5, 5.41) is 13.7. The van der Waals surface area contributed by atoms with Crippen molar-refractivity contribution >= 4 is 33.5 Å². The molecule has 1 fully saturated rings. The van der Waals surface area contributed by atoms with E-state index in [9.17, 15) is 0 Å². The smallest absolute Gasteiger partial charge is 0.164 e. The van der Waals surface area contributed by atoms with E-state index in [0.29, 0.717) is 18.4 Å². The molecule has 0 saturated carbocycles. The summed E-state index contributed by atoms with van der Waals surface area (Å²) in [6.45, 7) is 2.57. The minimum atomic E-state index is 0.307. The van der Waals surface area contributed by atoms with Crippen molar-refractivity contribution in [2.75, 3.05) is 24.1 Å². The number of anilines is 2. The molecular weight excluding hydrogens is 414 g/mol. The maximum Gasteiger partial charge on any atom is 0.164 e. The zero-order valence-electron chi connectivity index (χ0n) is 18.2. The molecule has 33 heavy (non-hydrogen) atoms. The van der Waals surface area contributed by atoms with E-state index < -0.39 is 0 Å². The van der Waals surface area contributed by atoms with E-state index in [1.165, 1.54) is 6.33 Å². The predicted octanol–water partition coefficient (Wildman–Crippen LogP) is 4.36. The van der Waals surface area contributed by atoms with Gasteiger partial charge in [-0.3, -0.25) is 0 Å². The molecule has 0 bridgehead atoms. The predicted molar refractivity (Wildman–Crippen MR) is 130 cm³/mol. The lowest BCUT2D eigenvalue weighted by molar-refractivity contribution is 0.350. The third kappa shape index (κ3) is 3.68. The topological polar surface area (TPSA) is 107 Å². The van der Waals surface area contributed by atoms with Gasteiger partial charge in [0.05, 0.1) is 18.0 Å². The van der Waals surface area contributed by atoms with E-state index in [-0.39, 0.29) is 0 Å². The normalized spacial score (nSPS) is 14.8. The van der Waals surface area contributed by atoms with Gasteiger partial charge >= 0.3 is 0 Å². The van der Waals surface area contributed by atoms with Gasteiger partial charge in [0.1, 0.15) is 29.2 Å². The van der Waals surface area contributed by atoms with E-state index in [0.717, 1.165) is 70.6 Å². The van der Waals surface area contributed by atoms with Crippen molar-refractivity contribution in [2.24, 2.45) is 0 Å². The van der Waals surface area contributed by atoms with Crippen LogP contribution in [0.5, 0.6) is 0 Å². The summed E-state index contributed by atoms with van der Waals surface area (Å²) in [7, 11) is 0. The Hall–Kier alpha value is -3.91.